The van der Waals surface area contributed by atoms with E-state index in [1.165, 1.54) is 6.92 Å². The van der Waals surface area contributed by atoms with Crippen LogP contribution in [0, 0.1) is 10.1 Å². The van der Waals surface area contributed by atoms with Gasteiger partial charge in [0.2, 0.25) is 0 Å². The molecule has 0 radical (unpaired) electrons. The van der Waals surface area contributed by atoms with Crippen LogP contribution < -0.4 is 5.09 Å². The predicted octanol–water partition coefficient (Wildman–Crippen LogP) is 2.53. The van der Waals surface area contributed by atoms with Crippen molar-refractivity contribution in [3.63, 3.8) is 0 Å². The molecule has 8 heteroatoms. The number of nitrogens with zero attached hydrogens (tertiary/aromatic N) is 1. The second kappa shape index (κ2) is 5.61. The Balaban J connectivity index is 2.01. The molecule has 1 saturated heterocycles. The molecular weight excluding hydrogens is 283 g/mol. The Morgan fingerprint density at radius 1 is 1.35 bits per heavy atom. The van der Waals surface area contributed by atoms with Crippen LogP contribution in [0.1, 0.15) is 25.5 Å². The Hall–Kier alpha value is -1.27. The molecule has 0 aliphatic carbocycles. The maximum absolute atomic E-state index is 12.3. The van der Waals surface area contributed by atoms with Gasteiger partial charge in [-0.05, 0) is 12.5 Å². The van der Waals surface area contributed by atoms with E-state index in [2.05, 4.69) is 5.09 Å². The van der Waals surface area contributed by atoms with E-state index in [-0.39, 0.29) is 19.3 Å². The Morgan fingerprint density at radius 3 is 2.40 bits per heavy atom. The summed E-state index contributed by atoms with van der Waals surface area (Å²) in [5.74, 6) is 0. The number of hydrogen-bond donors (Lipinski definition) is 1. The van der Waals surface area contributed by atoms with Crippen molar-refractivity contribution in [3.8, 4) is 0 Å². The van der Waals surface area contributed by atoms with Crippen LogP contribution in [0.3, 0.4) is 0 Å². The fourth-order valence-electron chi connectivity index (χ4n) is 1.76. The van der Waals surface area contributed by atoms with Gasteiger partial charge in [-0.3, -0.25) is 19.2 Å². The summed E-state index contributed by atoms with van der Waals surface area (Å²) in [5.41, 5.74) is -0.427. The molecule has 1 heterocycles. The minimum absolute atomic E-state index is 0.244. The number of nitro groups is 1. The molecule has 2 rings (SSSR count). The summed E-state index contributed by atoms with van der Waals surface area (Å²) < 4.78 is 22.6. The predicted molar refractivity (Wildman–Crippen MR) is 72.9 cm³/mol. The average molecular weight is 300 g/mol. The molecule has 0 saturated carbocycles. The highest BCUT2D eigenvalue weighted by atomic mass is 31.2. The lowest BCUT2D eigenvalue weighted by atomic mass is 10.1. The number of benzene rings is 1. The lowest BCUT2D eigenvalue weighted by molar-refractivity contribution is -0.573. The van der Waals surface area contributed by atoms with Crippen LogP contribution in [0.15, 0.2) is 30.3 Å². The van der Waals surface area contributed by atoms with Crippen molar-refractivity contribution in [2.45, 2.75) is 25.4 Å². The van der Waals surface area contributed by atoms with E-state index in [4.69, 9.17) is 9.05 Å². The third-order valence-electron chi connectivity index (χ3n) is 3.18. The molecule has 7 nitrogen and oxygen atoms in total. The van der Waals surface area contributed by atoms with E-state index in [1.54, 1.807) is 0 Å². The summed E-state index contributed by atoms with van der Waals surface area (Å²) in [6.45, 7) is 2.73. The lowest BCUT2D eigenvalue weighted by Crippen LogP contribution is -2.47. The van der Waals surface area contributed by atoms with E-state index >= 15 is 0 Å². The van der Waals surface area contributed by atoms with Crippen LogP contribution in [-0.2, 0) is 13.6 Å². The Labute approximate surface area is 117 Å². The summed E-state index contributed by atoms with van der Waals surface area (Å²) in [5, 5.41) is 13.6. The first kappa shape index (κ1) is 15.1. The highest BCUT2D eigenvalue weighted by Crippen LogP contribution is 2.50. The molecule has 0 spiro atoms. The van der Waals surface area contributed by atoms with Crippen molar-refractivity contribution in [3.05, 3.63) is 46.0 Å². The Bertz CT molecular complexity index is 524. The molecule has 0 aromatic heterocycles. The minimum atomic E-state index is -3.51. The fraction of sp³-hybridized carbons (Fsp3) is 0.500. The van der Waals surface area contributed by atoms with Crippen molar-refractivity contribution in [1.82, 2.24) is 5.09 Å². The van der Waals surface area contributed by atoms with Gasteiger partial charge in [-0.2, -0.15) is 0 Å². The summed E-state index contributed by atoms with van der Waals surface area (Å²) >= 11 is 0. The molecule has 110 valence electrons. The Morgan fingerprint density at radius 2 is 1.90 bits per heavy atom. The van der Waals surface area contributed by atoms with Gasteiger partial charge in [0.1, 0.15) is 13.2 Å². The smallest absolute Gasteiger partial charge is 0.289 e. The molecule has 1 unspecified atom stereocenters. The average Bonchev–Trinajstić information content (AvgIpc) is 2.43. The highest BCUT2D eigenvalue weighted by Gasteiger charge is 2.48. The van der Waals surface area contributed by atoms with E-state index in [9.17, 15) is 14.7 Å². The molecule has 0 bridgehead atoms. The second-order valence-electron chi connectivity index (χ2n) is 5.06. The van der Waals surface area contributed by atoms with E-state index in [1.807, 2.05) is 37.3 Å². The molecule has 1 aromatic carbocycles. The second-order valence-corrected chi connectivity index (χ2v) is 6.83. The fourth-order valence-corrected chi connectivity index (χ4v) is 3.50. The summed E-state index contributed by atoms with van der Waals surface area (Å²) in [4.78, 5) is 10.4. The van der Waals surface area contributed by atoms with E-state index in [0.717, 1.165) is 5.56 Å². The molecule has 1 N–H and O–H groups in total. The number of rotatable bonds is 4. The lowest BCUT2D eigenvalue weighted by Gasteiger charge is -2.32. The van der Waals surface area contributed by atoms with Gasteiger partial charge in [-0.15, -0.1) is 0 Å². The molecular formula is C12H17N2O5P. The van der Waals surface area contributed by atoms with Gasteiger partial charge < -0.3 is 0 Å². The zero-order valence-corrected chi connectivity index (χ0v) is 12.2. The highest BCUT2D eigenvalue weighted by molar-refractivity contribution is 7.51. The first-order chi connectivity index (χ1) is 9.35. The zero-order chi connectivity index (χ0) is 14.8. The molecule has 1 aliphatic heterocycles. The quantitative estimate of drug-likeness (QED) is 0.522. The van der Waals surface area contributed by atoms with Crippen molar-refractivity contribution in [2.24, 2.45) is 0 Å². The SMILES string of the molecule is CC(NP1(=O)OCC(C)([N+](=O)[O-])CO1)c1ccccc1. The molecule has 1 fully saturated rings. The van der Waals surface area contributed by atoms with Crippen LogP contribution in [0.25, 0.3) is 0 Å². The third kappa shape index (κ3) is 3.24. The van der Waals surface area contributed by atoms with Crippen LogP contribution in [0.2, 0.25) is 0 Å². The summed E-state index contributed by atoms with van der Waals surface area (Å²) in [6.07, 6.45) is 0. The van der Waals surface area contributed by atoms with Crippen LogP contribution in [0.5, 0.6) is 0 Å². The van der Waals surface area contributed by atoms with Crippen molar-refractivity contribution in [2.75, 3.05) is 13.2 Å². The van der Waals surface area contributed by atoms with Crippen LogP contribution >= 0.6 is 7.75 Å². The molecule has 0 amide bonds. The van der Waals surface area contributed by atoms with Crippen LogP contribution in [0.4, 0.5) is 0 Å². The maximum Gasteiger partial charge on any atom is 0.406 e. The normalized spacial score (nSPS) is 31.7. The summed E-state index contributed by atoms with van der Waals surface area (Å²) in [7, 11) is -3.51. The van der Waals surface area contributed by atoms with Gasteiger partial charge in [-0.25, -0.2) is 9.65 Å². The van der Waals surface area contributed by atoms with Crippen molar-refractivity contribution >= 4 is 7.75 Å². The number of nitrogens with one attached hydrogen (secondary N) is 1. The standard InChI is InChI=1S/C12H17N2O5P/c1-10(11-6-4-3-5-7-11)13-20(17)18-8-12(2,9-19-20)14(15)16/h3-7,10H,8-9H2,1-2H3,(H,13,17). The molecule has 1 aliphatic rings. The van der Waals surface area contributed by atoms with Crippen LogP contribution in [-0.4, -0.2) is 23.7 Å². The molecule has 1 aromatic rings. The van der Waals surface area contributed by atoms with Gasteiger partial charge >= 0.3 is 7.75 Å². The topological polar surface area (TPSA) is 90.7 Å². The van der Waals surface area contributed by atoms with Gasteiger partial charge in [0, 0.05) is 17.9 Å². The van der Waals surface area contributed by atoms with Gasteiger partial charge in [-0.1, -0.05) is 30.3 Å². The van der Waals surface area contributed by atoms with Crippen molar-refractivity contribution in [1.29, 1.82) is 0 Å². The first-order valence-electron chi connectivity index (χ1n) is 6.21. The Kier molecular flexibility index (Phi) is 4.25. The van der Waals surface area contributed by atoms with E-state index < -0.39 is 18.2 Å². The van der Waals surface area contributed by atoms with E-state index in [0.29, 0.717) is 0 Å². The third-order valence-corrected chi connectivity index (χ3v) is 4.82. The first-order valence-corrected chi connectivity index (χ1v) is 7.75. The maximum atomic E-state index is 12.3. The minimum Gasteiger partial charge on any atom is -0.289 e. The van der Waals surface area contributed by atoms with Gasteiger partial charge in [0.25, 0.3) is 5.54 Å². The molecule has 1 atom stereocenters. The van der Waals surface area contributed by atoms with Gasteiger partial charge in [0.15, 0.2) is 0 Å². The largest absolute Gasteiger partial charge is 0.406 e. The summed E-state index contributed by atoms with van der Waals surface area (Å²) in [6, 6.07) is 9.14. The monoisotopic (exact) mass is 300 g/mol. The zero-order valence-electron chi connectivity index (χ0n) is 11.3. The van der Waals surface area contributed by atoms with Gasteiger partial charge in [0.05, 0.1) is 0 Å². The number of hydrogen-bond acceptors (Lipinski definition) is 5. The molecule has 20 heavy (non-hydrogen) atoms. The van der Waals surface area contributed by atoms with Crippen molar-refractivity contribution < 1.29 is 18.5 Å².